The van der Waals surface area contributed by atoms with Gasteiger partial charge in [-0.2, -0.15) is 7.82 Å². The van der Waals surface area contributed by atoms with Crippen LogP contribution in [-0.2, 0) is 4.57 Å². The third-order valence-corrected chi connectivity index (χ3v) is 29.9. The smallest absolute Gasteiger partial charge is 0.114 e. The van der Waals surface area contributed by atoms with E-state index in [4.69, 9.17) is 19.2 Å². The molecule has 0 fully saturated rings. The Bertz CT molecular complexity index is 3320. The first-order valence-electron chi connectivity index (χ1n) is 31.2. The standard InChI is InChI=1S/3C27H27NP.H3O4P/c3*1-23(28-24-14-6-2-7-15-24)22-29(25-16-8-3-9-17-25,26-18-10-4-11-19-26)27-20-12-5-13-21-27;1-5(2,3)4/h3*2-21,23,28H,22H2,1H3;(H3,1,2,3,4)/q3*+1;/p-3. The van der Waals surface area contributed by atoms with E-state index in [9.17, 15) is 0 Å². The minimum Gasteiger partial charge on any atom is -0.822 e. The predicted molar refractivity (Wildman–Crippen MR) is 396 cm³/mol. The second-order valence-electron chi connectivity index (χ2n) is 22.7. The molecule has 0 saturated heterocycles. The molecule has 0 bridgehead atoms. The van der Waals surface area contributed by atoms with E-state index in [2.05, 4.69) is 401 Å². The molecule has 12 rings (SSSR count). The molecule has 0 aliphatic carbocycles. The minimum atomic E-state index is -5.39. The summed E-state index contributed by atoms with van der Waals surface area (Å²) in [5.74, 6) is 0. The zero-order valence-electron chi connectivity index (χ0n) is 52.4. The highest BCUT2D eigenvalue weighted by molar-refractivity contribution is 7.96. The highest BCUT2D eigenvalue weighted by Gasteiger charge is 2.49. The number of hydrogen-bond donors (Lipinski definition) is 3. The molecule has 0 radical (unpaired) electrons. The summed E-state index contributed by atoms with van der Waals surface area (Å²) in [5.41, 5.74) is 3.52. The molecule has 0 spiro atoms. The molecule has 92 heavy (non-hydrogen) atoms. The second-order valence-corrected chi connectivity index (χ2v) is 34.2. The molecule has 0 aliphatic heterocycles. The fourth-order valence-electron chi connectivity index (χ4n) is 12.3. The van der Waals surface area contributed by atoms with Gasteiger partial charge in [-0.05, 0) is 166 Å². The van der Waals surface area contributed by atoms with Crippen molar-refractivity contribution in [1.29, 1.82) is 0 Å². The van der Waals surface area contributed by atoms with Crippen molar-refractivity contribution in [2.24, 2.45) is 0 Å². The van der Waals surface area contributed by atoms with E-state index in [1.807, 2.05) is 0 Å². The fraction of sp³-hybridized carbons (Fsp3) is 0.111. The van der Waals surface area contributed by atoms with Crippen LogP contribution in [0.1, 0.15) is 20.8 Å². The Morgan fingerprint density at radius 2 is 0.348 bits per heavy atom. The van der Waals surface area contributed by atoms with Crippen molar-refractivity contribution in [3.05, 3.63) is 364 Å². The molecule has 3 N–H and O–H groups in total. The summed E-state index contributed by atoms with van der Waals surface area (Å²) in [5, 5.41) is 24.1. The van der Waals surface area contributed by atoms with Crippen LogP contribution in [-0.4, -0.2) is 36.6 Å². The fourth-order valence-corrected chi connectivity index (χ4v) is 25.7. The number of anilines is 3. The molecular formula is C81H81N3O4P4. The number of para-hydroxylation sites is 3. The van der Waals surface area contributed by atoms with Gasteiger partial charge in [0, 0.05) is 17.1 Å². The van der Waals surface area contributed by atoms with Gasteiger partial charge in [0.25, 0.3) is 0 Å². The van der Waals surface area contributed by atoms with Crippen LogP contribution in [0.4, 0.5) is 17.1 Å². The predicted octanol–water partition coefficient (Wildman–Crippen LogP) is 13.6. The molecule has 464 valence electrons. The van der Waals surface area contributed by atoms with Crippen LogP contribution >= 0.6 is 29.6 Å². The number of phosphoric acid groups is 1. The summed E-state index contributed by atoms with van der Waals surface area (Å²) < 4.78 is 8.55. The lowest BCUT2D eigenvalue weighted by molar-refractivity contribution is -0.432. The van der Waals surface area contributed by atoms with Crippen molar-refractivity contribution in [3.8, 4) is 0 Å². The Kier molecular flexibility index (Phi) is 25.2. The van der Waals surface area contributed by atoms with E-state index < -0.39 is 29.6 Å². The largest absolute Gasteiger partial charge is 0.822 e. The normalized spacial score (nSPS) is 12.3. The second kappa shape index (κ2) is 34.2. The van der Waals surface area contributed by atoms with Gasteiger partial charge in [-0.25, -0.2) is 0 Å². The van der Waals surface area contributed by atoms with Gasteiger partial charge in [-0.3, -0.25) is 0 Å². The third kappa shape index (κ3) is 18.6. The first-order chi connectivity index (χ1) is 44.9. The SMILES string of the molecule is CC(C[P+](c1ccccc1)(c1ccccc1)c1ccccc1)Nc1ccccc1.CC(C[P+](c1ccccc1)(c1ccccc1)c1ccccc1)Nc1ccccc1.CC(C[P+](c1ccccc1)(c1ccccc1)c1ccccc1)Nc1ccccc1.O=P([O-])([O-])[O-]. The van der Waals surface area contributed by atoms with Crippen molar-refractivity contribution in [1.82, 2.24) is 0 Å². The van der Waals surface area contributed by atoms with Crippen molar-refractivity contribution >= 4 is 94.4 Å². The monoisotopic (exact) mass is 1280 g/mol. The summed E-state index contributed by atoms with van der Waals surface area (Å²) in [6.45, 7) is 6.91. The molecule has 7 nitrogen and oxygen atoms in total. The van der Waals surface area contributed by atoms with Crippen LogP contribution in [0.2, 0.25) is 0 Å². The topological polar surface area (TPSA) is 122 Å². The minimum absolute atomic E-state index is 0.325. The Hall–Kier alpha value is -8.56. The van der Waals surface area contributed by atoms with Crippen molar-refractivity contribution in [3.63, 3.8) is 0 Å². The molecule has 0 amide bonds. The van der Waals surface area contributed by atoms with Gasteiger partial charge in [0.05, 0.1) is 36.6 Å². The van der Waals surface area contributed by atoms with Crippen LogP contribution in [0.15, 0.2) is 364 Å². The molecule has 11 heteroatoms. The van der Waals surface area contributed by atoms with Gasteiger partial charge in [0.2, 0.25) is 0 Å². The van der Waals surface area contributed by atoms with E-state index >= 15 is 0 Å². The van der Waals surface area contributed by atoms with Gasteiger partial charge in [-0.1, -0.05) is 218 Å². The first kappa shape index (κ1) is 67.8. The zero-order valence-corrected chi connectivity index (χ0v) is 56.0. The van der Waals surface area contributed by atoms with Crippen LogP contribution < -0.4 is 78.4 Å². The molecule has 3 atom stereocenters. The molecule has 12 aromatic rings. The number of benzene rings is 12. The molecule has 0 aromatic heterocycles. The lowest BCUT2D eigenvalue weighted by Gasteiger charge is -2.36. The first-order valence-corrected chi connectivity index (χ1v) is 38.6. The number of rotatable bonds is 21. The molecule has 0 aliphatic rings. The van der Waals surface area contributed by atoms with Crippen LogP contribution in [0.25, 0.3) is 0 Å². The van der Waals surface area contributed by atoms with Crippen LogP contribution in [0, 0.1) is 0 Å². The summed E-state index contributed by atoms with van der Waals surface area (Å²) in [6.07, 6.45) is 3.17. The van der Waals surface area contributed by atoms with E-state index in [0.717, 1.165) is 18.5 Å². The maximum absolute atomic E-state index is 8.55. The van der Waals surface area contributed by atoms with Crippen LogP contribution in [0.5, 0.6) is 0 Å². The summed E-state index contributed by atoms with van der Waals surface area (Å²) in [4.78, 5) is 25.6. The third-order valence-electron chi connectivity index (χ3n) is 16.0. The van der Waals surface area contributed by atoms with E-state index in [1.54, 1.807) is 0 Å². The van der Waals surface area contributed by atoms with E-state index in [1.165, 1.54) is 64.8 Å². The van der Waals surface area contributed by atoms with Gasteiger partial charge in [0.1, 0.15) is 69.5 Å². The number of nitrogens with one attached hydrogen (secondary N) is 3. The summed E-state index contributed by atoms with van der Waals surface area (Å²) in [6, 6.07) is 132. The highest BCUT2D eigenvalue weighted by Crippen LogP contribution is 2.58. The maximum Gasteiger partial charge on any atom is 0.114 e. The van der Waals surface area contributed by atoms with Crippen LogP contribution in [0.3, 0.4) is 0 Å². The molecular weight excluding hydrogens is 1200 g/mol. The summed E-state index contributed by atoms with van der Waals surface area (Å²) in [7, 11) is -10.8. The van der Waals surface area contributed by atoms with Crippen molar-refractivity contribution in [2.45, 2.75) is 38.9 Å². The van der Waals surface area contributed by atoms with E-state index in [0.29, 0.717) is 18.1 Å². The summed E-state index contributed by atoms with van der Waals surface area (Å²) >= 11 is 0. The molecule has 0 heterocycles. The molecule has 0 saturated carbocycles. The van der Waals surface area contributed by atoms with Gasteiger partial charge in [0.15, 0.2) is 0 Å². The number of hydrogen-bond acceptors (Lipinski definition) is 7. The van der Waals surface area contributed by atoms with E-state index in [-0.39, 0.29) is 0 Å². The maximum atomic E-state index is 8.55. The van der Waals surface area contributed by atoms with Gasteiger partial charge >= 0.3 is 0 Å². The van der Waals surface area contributed by atoms with Gasteiger partial charge in [-0.15, -0.1) is 0 Å². The Morgan fingerprint density at radius 3 is 0.467 bits per heavy atom. The Labute approximate surface area is 547 Å². The average Bonchev–Trinajstić information content (AvgIpc) is 0.777. The average molecular weight is 1280 g/mol. The highest BCUT2D eigenvalue weighted by atomic mass is 31.2. The van der Waals surface area contributed by atoms with Gasteiger partial charge < -0.3 is 35.2 Å². The quantitative estimate of drug-likeness (QED) is 0.0613. The lowest BCUT2D eigenvalue weighted by atomic mass is 10.3. The zero-order chi connectivity index (χ0) is 64.3. The van der Waals surface area contributed by atoms with Crippen molar-refractivity contribution in [2.75, 3.05) is 34.4 Å². The molecule has 12 aromatic carbocycles. The Morgan fingerprint density at radius 1 is 0.239 bits per heavy atom. The Balaban J connectivity index is 0.000000157. The molecule has 3 unspecified atom stereocenters. The lowest BCUT2D eigenvalue weighted by Crippen LogP contribution is -2.38. The van der Waals surface area contributed by atoms with Crippen molar-refractivity contribution < 1.29 is 19.2 Å².